The molecule has 3 aromatic carbocycles. The van der Waals surface area contributed by atoms with Crippen LogP contribution in [0.2, 0.25) is 15.1 Å². The molecule has 0 aliphatic carbocycles. The van der Waals surface area contributed by atoms with Gasteiger partial charge in [0.1, 0.15) is 30.6 Å². The standard InChI is InChI=1S/C30H22Cl3F3N4O6/c31-19-10-17(11-20(32)25(19)33)27-26(15-4-2-1-3-5-15)38-28(40(27)29(45)39-9-8-37-23(42)14-39)18-7-6-16(21(41)13-24(43)44)12-22(18)46-30(34,35)36/h1-7,10-12,26-27H,8-9,13-14H2,(H,37,42)(H,43,44)/t26-,27+/m0/s1. The van der Waals surface area contributed by atoms with E-state index in [2.05, 4.69) is 10.1 Å². The maximum absolute atomic E-state index is 14.3. The number of aliphatic carboxylic acids is 1. The predicted octanol–water partition coefficient (Wildman–Crippen LogP) is 6.30. The fraction of sp³-hybridized carbons (Fsp3) is 0.233. The minimum Gasteiger partial charge on any atom is -0.481 e. The van der Waals surface area contributed by atoms with E-state index in [4.69, 9.17) is 44.9 Å². The summed E-state index contributed by atoms with van der Waals surface area (Å²) in [6.07, 6.45) is -6.23. The summed E-state index contributed by atoms with van der Waals surface area (Å²) in [4.78, 5) is 57.3. The van der Waals surface area contributed by atoms with Crippen LogP contribution in [0.25, 0.3) is 0 Å². The number of alkyl halides is 3. The van der Waals surface area contributed by atoms with Gasteiger partial charge in [0.15, 0.2) is 5.78 Å². The molecule has 10 nitrogen and oxygen atoms in total. The van der Waals surface area contributed by atoms with E-state index in [0.29, 0.717) is 11.1 Å². The molecule has 0 unspecified atom stereocenters. The Morgan fingerprint density at radius 3 is 2.28 bits per heavy atom. The van der Waals surface area contributed by atoms with Crippen molar-refractivity contribution in [2.24, 2.45) is 4.99 Å². The summed E-state index contributed by atoms with van der Waals surface area (Å²) < 4.78 is 45.5. The number of carboxylic acids is 1. The number of nitrogens with one attached hydrogen (secondary N) is 1. The van der Waals surface area contributed by atoms with E-state index in [0.717, 1.165) is 23.1 Å². The molecule has 240 valence electrons. The van der Waals surface area contributed by atoms with Crippen LogP contribution in [0, 0.1) is 0 Å². The maximum atomic E-state index is 14.3. The molecule has 2 aliphatic rings. The minimum atomic E-state index is -5.25. The van der Waals surface area contributed by atoms with Crippen molar-refractivity contribution in [2.75, 3.05) is 19.6 Å². The molecule has 0 spiro atoms. The molecule has 2 N–H and O–H groups in total. The summed E-state index contributed by atoms with van der Waals surface area (Å²) in [5.41, 5.74) is 0.175. The van der Waals surface area contributed by atoms with E-state index in [1.807, 2.05) is 0 Å². The zero-order chi connectivity index (χ0) is 33.3. The zero-order valence-electron chi connectivity index (χ0n) is 23.4. The molecule has 16 heteroatoms. The van der Waals surface area contributed by atoms with Crippen LogP contribution in [-0.4, -0.2) is 70.4 Å². The number of aliphatic imine (C=N–C) groups is 1. The van der Waals surface area contributed by atoms with Crippen molar-refractivity contribution in [1.29, 1.82) is 0 Å². The van der Waals surface area contributed by atoms with Crippen LogP contribution >= 0.6 is 34.8 Å². The van der Waals surface area contributed by atoms with Gasteiger partial charge in [-0.2, -0.15) is 0 Å². The number of rotatable bonds is 7. The molecule has 0 aromatic heterocycles. The number of benzene rings is 3. The highest BCUT2D eigenvalue weighted by Gasteiger charge is 2.46. The number of carbonyl (C=O) groups is 4. The lowest BCUT2D eigenvalue weighted by Gasteiger charge is -2.36. The topological polar surface area (TPSA) is 129 Å². The SMILES string of the molecule is O=C(O)CC(=O)c1ccc(C2=N[C@@H](c3ccccc3)[C@@H](c3cc(Cl)c(Cl)c(Cl)c3)N2C(=O)N2CCNC(=O)C2)c(OC(F)(F)F)c1. The van der Waals surface area contributed by atoms with E-state index in [1.54, 1.807) is 30.3 Å². The average Bonchev–Trinajstić information content (AvgIpc) is 3.39. The van der Waals surface area contributed by atoms with Gasteiger partial charge in [0.05, 0.1) is 26.7 Å². The second-order valence-corrected chi connectivity index (χ2v) is 11.4. The summed E-state index contributed by atoms with van der Waals surface area (Å²) in [6, 6.07) is 11.7. The Hall–Kier alpha value is -4.33. The molecule has 5 rings (SSSR count). The van der Waals surface area contributed by atoms with Gasteiger partial charge in [-0.15, -0.1) is 13.2 Å². The molecule has 3 amide bonds. The lowest BCUT2D eigenvalue weighted by molar-refractivity contribution is -0.274. The molecular weight excluding hydrogens is 676 g/mol. The Kier molecular flexibility index (Phi) is 9.47. The molecule has 3 aromatic rings. The molecule has 1 fully saturated rings. The first-order valence-electron chi connectivity index (χ1n) is 13.5. The largest absolute Gasteiger partial charge is 0.573 e. The van der Waals surface area contributed by atoms with Crippen LogP contribution < -0.4 is 10.1 Å². The van der Waals surface area contributed by atoms with E-state index in [1.165, 1.54) is 17.0 Å². The summed E-state index contributed by atoms with van der Waals surface area (Å²) in [6.45, 7) is -0.144. The monoisotopic (exact) mass is 696 g/mol. The minimum absolute atomic E-state index is 0.0375. The second-order valence-electron chi connectivity index (χ2n) is 10.2. The van der Waals surface area contributed by atoms with Crippen LogP contribution in [0.15, 0.2) is 65.7 Å². The van der Waals surface area contributed by atoms with Gasteiger partial charge in [-0.05, 0) is 35.4 Å². The maximum Gasteiger partial charge on any atom is 0.573 e. The summed E-state index contributed by atoms with van der Waals surface area (Å²) in [5, 5.41) is 11.8. The van der Waals surface area contributed by atoms with Crippen molar-refractivity contribution in [3.8, 4) is 5.75 Å². The van der Waals surface area contributed by atoms with Gasteiger partial charge in [-0.3, -0.25) is 24.3 Å². The van der Waals surface area contributed by atoms with E-state index >= 15 is 0 Å². The van der Waals surface area contributed by atoms with Crippen molar-refractivity contribution < 1.29 is 42.2 Å². The highest BCUT2D eigenvalue weighted by Crippen LogP contribution is 2.47. The van der Waals surface area contributed by atoms with Gasteiger partial charge < -0.3 is 20.1 Å². The van der Waals surface area contributed by atoms with Crippen molar-refractivity contribution >= 4 is 64.3 Å². The normalized spacial score (nSPS) is 18.2. The van der Waals surface area contributed by atoms with Gasteiger partial charge in [-0.1, -0.05) is 71.2 Å². The first-order valence-corrected chi connectivity index (χ1v) is 14.6. The Balaban J connectivity index is 1.75. The number of Topliss-reactive ketones (excluding diaryl/α,β-unsaturated/α-hetero) is 1. The number of ether oxygens (including phenoxy) is 1. The number of hydrogen-bond donors (Lipinski definition) is 2. The first-order chi connectivity index (χ1) is 21.7. The number of hydrogen-bond acceptors (Lipinski definition) is 6. The van der Waals surface area contributed by atoms with Crippen LogP contribution in [0.3, 0.4) is 0 Å². The lowest BCUT2D eigenvalue weighted by Crippen LogP contribution is -2.55. The summed E-state index contributed by atoms with van der Waals surface area (Å²) in [7, 11) is 0. The van der Waals surface area contributed by atoms with Crippen molar-refractivity contribution in [2.45, 2.75) is 24.9 Å². The van der Waals surface area contributed by atoms with Crippen molar-refractivity contribution in [3.05, 3.63) is 98.0 Å². The zero-order valence-corrected chi connectivity index (χ0v) is 25.6. The highest BCUT2D eigenvalue weighted by molar-refractivity contribution is 6.48. The van der Waals surface area contributed by atoms with Gasteiger partial charge in [-0.25, -0.2) is 4.79 Å². The van der Waals surface area contributed by atoms with Gasteiger partial charge in [0.2, 0.25) is 5.91 Å². The van der Waals surface area contributed by atoms with Crippen LogP contribution in [0.5, 0.6) is 5.75 Å². The number of halogens is 6. The lowest BCUT2D eigenvalue weighted by atomic mass is 9.93. The number of urea groups is 1. The first kappa shape index (κ1) is 33.0. The number of nitrogens with zero attached hydrogens (tertiary/aromatic N) is 3. The number of ketones is 1. The van der Waals surface area contributed by atoms with E-state index < -0.39 is 54.3 Å². The fourth-order valence-electron chi connectivity index (χ4n) is 5.21. The molecule has 0 radical (unpaired) electrons. The van der Waals surface area contributed by atoms with Crippen molar-refractivity contribution in [1.82, 2.24) is 15.1 Å². The van der Waals surface area contributed by atoms with E-state index in [9.17, 15) is 32.3 Å². The number of piperazine rings is 1. The Morgan fingerprint density at radius 2 is 1.67 bits per heavy atom. The fourth-order valence-corrected chi connectivity index (χ4v) is 5.83. The Morgan fingerprint density at radius 1 is 1.00 bits per heavy atom. The van der Waals surface area contributed by atoms with Crippen LogP contribution in [-0.2, 0) is 9.59 Å². The highest BCUT2D eigenvalue weighted by atomic mass is 35.5. The molecular formula is C30H22Cl3F3N4O6. The number of carboxylic acid groups (broad SMARTS) is 1. The average molecular weight is 698 g/mol. The third kappa shape index (κ3) is 7.06. The number of amidine groups is 1. The summed E-state index contributed by atoms with van der Waals surface area (Å²) >= 11 is 19.0. The quantitative estimate of drug-likeness (QED) is 0.170. The Bertz CT molecular complexity index is 1730. The van der Waals surface area contributed by atoms with Crippen LogP contribution in [0.4, 0.5) is 18.0 Å². The van der Waals surface area contributed by atoms with Crippen LogP contribution in [0.1, 0.15) is 45.6 Å². The number of carbonyl (C=O) groups excluding carboxylic acids is 3. The second kappa shape index (κ2) is 13.2. The number of amides is 3. The molecule has 0 bridgehead atoms. The third-order valence-electron chi connectivity index (χ3n) is 7.15. The van der Waals surface area contributed by atoms with Crippen molar-refractivity contribution in [3.63, 3.8) is 0 Å². The smallest absolute Gasteiger partial charge is 0.481 e. The van der Waals surface area contributed by atoms with Gasteiger partial charge in [0, 0.05) is 18.7 Å². The molecule has 1 saturated heterocycles. The Labute approximate surface area is 274 Å². The molecule has 2 heterocycles. The predicted molar refractivity (Wildman–Crippen MR) is 161 cm³/mol. The molecule has 2 atom stereocenters. The van der Waals surface area contributed by atoms with E-state index in [-0.39, 0.29) is 51.7 Å². The van der Waals surface area contributed by atoms with Gasteiger partial charge in [0.25, 0.3) is 0 Å². The molecule has 2 aliphatic heterocycles. The summed E-state index contributed by atoms with van der Waals surface area (Å²) in [5.74, 6) is -4.10. The third-order valence-corrected chi connectivity index (χ3v) is 8.35. The molecule has 46 heavy (non-hydrogen) atoms. The molecule has 0 saturated carbocycles. The van der Waals surface area contributed by atoms with Gasteiger partial charge >= 0.3 is 18.4 Å².